The molecule has 96 valence electrons. The van der Waals surface area contributed by atoms with Crippen LogP contribution in [0, 0.1) is 0 Å². The van der Waals surface area contributed by atoms with Gasteiger partial charge in [-0.05, 0) is 25.5 Å². The number of hydrogen-bond donors (Lipinski definition) is 2. The average molecular weight is 248 g/mol. The van der Waals surface area contributed by atoms with E-state index in [4.69, 9.17) is 0 Å². The zero-order valence-corrected chi connectivity index (χ0v) is 10.4. The van der Waals surface area contributed by atoms with E-state index in [1.54, 1.807) is 17.9 Å². The molecule has 1 heterocycles. The van der Waals surface area contributed by atoms with Gasteiger partial charge in [-0.3, -0.25) is 4.79 Å². The van der Waals surface area contributed by atoms with Gasteiger partial charge in [-0.2, -0.15) is 0 Å². The SMILES string of the molecule is CCC(C)(C(=O)O)N1CC(=O)Nc2ccccc21. The second-order valence-electron chi connectivity index (χ2n) is 4.58. The summed E-state index contributed by atoms with van der Waals surface area (Å²) in [5, 5.41) is 12.2. The number of carboxylic acids is 1. The molecule has 1 atom stereocenters. The summed E-state index contributed by atoms with van der Waals surface area (Å²) in [6.07, 6.45) is 0.421. The van der Waals surface area contributed by atoms with Gasteiger partial charge in [0.05, 0.1) is 17.9 Å². The summed E-state index contributed by atoms with van der Waals surface area (Å²) in [5.74, 6) is -1.11. The van der Waals surface area contributed by atoms with Crippen molar-refractivity contribution in [3.8, 4) is 0 Å². The highest BCUT2D eigenvalue weighted by Gasteiger charge is 2.41. The Kier molecular flexibility index (Phi) is 2.98. The van der Waals surface area contributed by atoms with Crippen LogP contribution in [0.15, 0.2) is 24.3 Å². The molecule has 1 unspecified atom stereocenters. The molecule has 0 radical (unpaired) electrons. The molecule has 2 N–H and O–H groups in total. The molecule has 1 aliphatic heterocycles. The van der Waals surface area contributed by atoms with Gasteiger partial charge in [-0.15, -0.1) is 0 Å². The minimum atomic E-state index is -1.08. The van der Waals surface area contributed by atoms with Crippen molar-refractivity contribution in [2.24, 2.45) is 0 Å². The Morgan fingerprint density at radius 3 is 2.78 bits per heavy atom. The Bertz CT molecular complexity index is 501. The number of para-hydroxylation sites is 2. The fourth-order valence-corrected chi connectivity index (χ4v) is 2.13. The molecule has 0 aromatic heterocycles. The van der Waals surface area contributed by atoms with E-state index < -0.39 is 11.5 Å². The van der Waals surface area contributed by atoms with Crippen LogP contribution in [0.2, 0.25) is 0 Å². The minimum absolute atomic E-state index is 0.0631. The van der Waals surface area contributed by atoms with Crippen LogP contribution in [-0.4, -0.2) is 29.1 Å². The van der Waals surface area contributed by atoms with E-state index in [9.17, 15) is 14.7 Å². The normalized spacial score (nSPS) is 17.7. The number of amides is 1. The van der Waals surface area contributed by atoms with Crippen LogP contribution >= 0.6 is 0 Å². The van der Waals surface area contributed by atoms with Crippen LogP contribution in [-0.2, 0) is 9.59 Å². The topological polar surface area (TPSA) is 69.6 Å². The lowest BCUT2D eigenvalue weighted by Crippen LogP contribution is -2.56. The number of anilines is 2. The lowest BCUT2D eigenvalue weighted by molar-refractivity contribution is -0.143. The predicted octanol–water partition coefficient (Wildman–Crippen LogP) is 1.70. The van der Waals surface area contributed by atoms with Gasteiger partial charge in [0, 0.05) is 0 Å². The largest absolute Gasteiger partial charge is 0.480 e. The molecule has 1 aromatic rings. The fourth-order valence-electron chi connectivity index (χ4n) is 2.13. The summed E-state index contributed by atoms with van der Waals surface area (Å²) in [5.41, 5.74) is 0.340. The van der Waals surface area contributed by atoms with Crippen molar-refractivity contribution >= 4 is 23.3 Å². The average Bonchev–Trinajstić information content (AvgIpc) is 2.36. The second kappa shape index (κ2) is 4.33. The van der Waals surface area contributed by atoms with E-state index in [0.29, 0.717) is 12.1 Å². The molecule has 2 rings (SSSR count). The van der Waals surface area contributed by atoms with Crippen molar-refractivity contribution in [2.45, 2.75) is 25.8 Å². The molecule has 0 aliphatic carbocycles. The van der Waals surface area contributed by atoms with Gasteiger partial charge in [0.25, 0.3) is 0 Å². The fraction of sp³-hybridized carbons (Fsp3) is 0.385. The minimum Gasteiger partial charge on any atom is -0.480 e. The number of fused-ring (bicyclic) bond motifs is 1. The zero-order chi connectivity index (χ0) is 13.3. The van der Waals surface area contributed by atoms with E-state index in [2.05, 4.69) is 5.32 Å². The van der Waals surface area contributed by atoms with Crippen molar-refractivity contribution in [3.05, 3.63) is 24.3 Å². The molecule has 1 aromatic carbocycles. The third-order valence-electron chi connectivity index (χ3n) is 3.52. The molecule has 5 nitrogen and oxygen atoms in total. The van der Waals surface area contributed by atoms with Crippen LogP contribution in [0.1, 0.15) is 20.3 Å². The Morgan fingerprint density at radius 1 is 1.50 bits per heavy atom. The Hall–Kier alpha value is -2.04. The van der Waals surface area contributed by atoms with E-state index in [0.717, 1.165) is 5.69 Å². The van der Waals surface area contributed by atoms with Crippen LogP contribution < -0.4 is 10.2 Å². The third kappa shape index (κ3) is 1.81. The highest BCUT2D eigenvalue weighted by atomic mass is 16.4. The van der Waals surface area contributed by atoms with Gasteiger partial charge >= 0.3 is 5.97 Å². The first-order valence-corrected chi connectivity index (χ1v) is 5.89. The first kappa shape index (κ1) is 12.4. The van der Waals surface area contributed by atoms with E-state index in [-0.39, 0.29) is 12.5 Å². The monoisotopic (exact) mass is 248 g/mol. The van der Waals surface area contributed by atoms with Crippen LogP contribution in [0.25, 0.3) is 0 Å². The molecular formula is C13H16N2O3. The van der Waals surface area contributed by atoms with Gasteiger partial charge < -0.3 is 15.3 Å². The van der Waals surface area contributed by atoms with Gasteiger partial charge in [0.15, 0.2) is 0 Å². The summed E-state index contributed by atoms with van der Waals surface area (Å²) >= 11 is 0. The van der Waals surface area contributed by atoms with Gasteiger partial charge in [-0.1, -0.05) is 19.1 Å². The zero-order valence-electron chi connectivity index (χ0n) is 10.4. The number of nitrogens with zero attached hydrogens (tertiary/aromatic N) is 1. The van der Waals surface area contributed by atoms with E-state index >= 15 is 0 Å². The lowest BCUT2D eigenvalue weighted by atomic mass is 9.94. The maximum atomic E-state index is 11.7. The van der Waals surface area contributed by atoms with Crippen LogP contribution in [0.3, 0.4) is 0 Å². The molecule has 18 heavy (non-hydrogen) atoms. The molecule has 0 bridgehead atoms. The van der Waals surface area contributed by atoms with E-state index in [1.807, 2.05) is 25.1 Å². The molecule has 0 saturated carbocycles. The Labute approximate surface area is 105 Å². The molecule has 0 fully saturated rings. The van der Waals surface area contributed by atoms with Gasteiger partial charge in [-0.25, -0.2) is 4.79 Å². The van der Waals surface area contributed by atoms with Gasteiger partial charge in [0.1, 0.15) is 5.54 Å². The second-order valence-corrected chi connectivity index (χ2v) is 4.58. The summed E-state index contributed by atoms with van der Waals surface area (Å²) in [6.45, 7) is 3.52. The molecule has 0 saturated heterocycles. The molecule has 5 heteroatoms. The van der Waals surface area contributed by atoms with Crippen molar-refractivity contribution in [3.63, 3.8) is 0 Å². The molecule has 1 amide bonds. The standard InChI is InChI=1S/C13H16N2O3/c1-3-13(2,12(17)18)15-8-11(16)14-9-6-4-5-7-10(9)15/h4-7H,3,8H2,1-2H3,(H,14,16)(H,17,18). The number of hydrogen-bond acceptors (Lipinski definition) is 3. The number of carboxylic acid groups (broad SMARTS) is 1. The number of carbonyl (C=O) groups is 2. The number of aliphatic carboxylic acids is 1. The number of benzene rings is 1. The van der Waals surface area contributed by atoms with Crippen LogP contribution in [0.5, 0.6) is 0 Å². The highest BCUT2D eigenvalue weighted by Crippen LogP contribution is 2.35. The summed E-state index contributed by atoms with van der Waals surface area (Å²) < 4.78 is 0. The highest BCUT2D eigenvalue weighted by molar-refractivity contribution is 6.03. The number of carbonyl (C=O) groups excluding carboxylic acids is 1. The Balaban J connectivity index is 2.52. The Morgan fingerprint density at radius 2 is 2.17 bits per heavy atom. The quantitative estimate of drug-likeness (QED) is 0.854. The van der Waals surface area contributed by atoms with Crippen LogP contribution in [0.4, 0.5) is 11.4 Å². The summed E-state index contributed by atoms with van der Waals surface area (Å²) in [4.78, 5) is 24.8. The first-order chi connectivity index (χ1) is 8.49. The van der Waals surface area contributed by atoms with Gasteiger partial charge in [0.2, 0.25) is 5.91 Å². The number of rotatable bonds is 3. The molecular weight excluding hydrogens is 232 g/mol. The van der Waals surface area contributed by atoms with E-state index in [1.165, 1.54) is 0 Å². The van der Waals surface area contributed by atoms with Crippen molar-refractivity contribution in [1.29, 1.82) is 0 Å². The maximum absolute atomic E-state index is 11.7. The molecule has 1 aliphatic rings. The lowest BCUT2D eigenvalue weighted by Gasteiger charge is -2.41. The predicted molar refractivity (Wildman–Crippen MR) is 68.7 cm³/mol. The molecule has 0 spiro atoms. The number of nitrogens with one attached hydrogen (secondary N) is 1. The smallest absolute Gasteiger partial charge is 0.329 e. The summed E-state index contributed by atoms with van der Waals surface area (Å²) in [7, 11) is 0. The van der Waals surface area contributed by atoms with Crippen molar-refractivity contribution in [2.75, 3.05) is 16.8 Å². The maximum Gasteiger partial charge on any atom is 0.329 e. The first-order valence-electron chi connectivity index (χ1n) is 5.89. The van der Waals surface area contributed by atoms with Crippen molar-refractivity contribution in [1.82, 2.24) is 0 Å². The van der Waals surface area contributed by atoms with Crippen molar-refractivity contribution < 1.29 is 14.7 Å². The summed E-state index contributed by atoms with van der Waals surface area (Å²) in [6, 6.07) is 7.25. The third-order valence-corrected chi connectivity index (χ3v) is 3.52.